The van der Waals surface area contributed by atoms with Crippen molar-refractivity contribution in [1.82, 2.24) is 5.43 Å². The van der Waals surface area contributed by atoms with Crippen molar-refractivity contribution in [3.05, 3.63) is 48.0 Å². The summed E-state index contributed by atoms with van der Waals surface area (Å²) in [5.74, 6) is 2.28. The fourth-order valence-corrected chi connectivity index (χ4v) is 2.63. The Hall–Kier alpha value is -2.69. The van der Waals surface area contributed by atoms with Crippen molar-refractivity contribution in [2.45, 2.75) is 12.5 Å². The Labute approximate surface area is 129 Å². The fraction of sp³-hybridized carbons (Fsp3) is 0.235. The minimum Gasteiger partial charge on any atom is -0.497 e. The van der Waals surface area contributed by atoms with Crippen molar-refractivity contribution < 1.29 is 9.47 Å². The van der Waals surface area contributed by atoms with E-state index in [2.05, 4.69) is 16.6 Å². The Bertz CT molecular complexity index is 696. The second-order valence-corrected chi connectivity index (χ2v) is 5.17. The Morgan fingerprint density at radius 3 is 2.32 bits per heavy atom. The van der Waals surface area contributed by atoms with Crippen LogP contribution in [0.25, 0.3) is 11.1 Å². The minimum absolute atomic E-state index is 0.0861. The first-order valence-corrected chi connectivity index (χ1v) is 7.11. The lowest BCUT2D eigenvalue weighted by atomic mass is 9.93. The van der Waals surface area contributed by atoms with E-state index in [4.69, 9.17) is 15.2 Å². The predicted octanol–water partition coefficient (Wildman–Crippen LogP) is 2.68. The van der Waals surface area contributed by atoms with Crippen LogP contribution < -0.4 is 20.6 Å². The van der Waals surface area contributed by atoms with Gasteiger partial charge in [-0.15, -0.1) is 0 Å². The number of methoxy groups -OCH3 is 2. The zero-order chi connectivity index (χ0) is 15.5. The summed E-state index contributed by atoms with van der Waals surface area (Å²) < 4.78 is 10.6. The van der Waals surface area contributed by atoms with Gasteiger partial charge in [-0.05, 0) is 41.0 Å². The molecule has 1 atom stereocenters. The van der Waals surface area contributed by atoms with Crippen molar-refractivity contribution in [3.63, 3.8) is 0 Å². The van der Waals surface area contributed by atoms with Gasteiger partial charge in [0.1, 0.15) is 17.3 Å². The van der Waals surface area contributed by atoms with Crippen LogP contribution in [0.2, 0.25) is 0 Å². The minimum atomic E-state index is 0.0861. The van der Waals surface area contributed by atoms with Crippen LogP contribution in [0, 0.1) is 0 Å². The number of rotatable bonds is 4. The van der Waals surface area contributed by atoms with Crippen molar-refractivity contribution in [2.24, 2.45) is 10.8 Å². The lowest BCUT2D eigenvalue weighted by Crippen LogP contribution is -2.13. The van der Waals surface area contributed by atoms with Gasteiger partial charge in [-0.3, -0.25) is 0 Å². The molecule has 114 valence electrons. The first-order chi connectivity index (χ1) is 10.7. The summed E-state index contributed by atoms with van der Waals surface area (Å²) in [4.78, 5) is 0. The smallest absolute Gasteiger partial charge is 0.122 e. The van der Waals surface area contributed by atoms with E-state index in [-0.39, 0.29) is 6.04 Å². The van der Waals surface area contributed by atoms with E-state index in [0.29, 0.717) is 12.3 Å². The zero-order valence-corrected chi connectivity index (χ0v) is 12.7. The highest BCUT2D eigenvalue weighted by Gasteiger charge is 2.22. The van der Waals surface area contributed by atoms with E-state index >= 15 is 0 Å². The number of benzene rings is 2. The number of ether oxygens (including phenoxy) is 2. The van der Waals surface area contributed by atoms with E-state index in [1.165, 1.54) is 0 Å². The molecule has 0 aliphatic carbocycles. The fourth-order valence-electron chi connectivity index (χ4n) is 2.63. The van der Waals surface area contributed by atoms with E-state index in [9.17, 15) is 0 Å². The van der Waals surface area contributed by atoms with Gasteiger partial charge < -0.3 is 20.6 Å². The number of nitrogens with one attached hydrogen (secondary N) is 1. The van der Waals surface area contributed by atoms with Crippen molar-refractivity contribution >= 4 is 5.84 Å². The molecule has 1 aliphatic rings. The third-order valence-electron chi connectivity index (χ3n) is 3.81. The first kappa shape index (κ1) is 14.3. The van der Waals surface area contributed by atoms with Crippen molar-refractivity contribution in [1.29, 1.82) is 0 Å². The molecule has 0 fully saturated rings. The average Bonchev–Trinajstić information content (AvgIpc) is 3.00. The standard InChI is InChI=1S/C17H19N3O2/c1-21-12-5-3-11(4-6-12)15-9-13(22-2)7-8-14(15)16-10-17(18)20-19-16/h3-9,16,19H,10H2,1-2H3,(H2,18,20). The molecule has 22 heavy (non-hydrogen) atoms. The largest absolute Gasteiger partial charge is 0.497 e. The Kier molecular flexibility index (Phi) is 3.87. The molecule has 5 heteroatoms. The summed E-state index contributed by atoms with van der Waals surface area (Å²) in [6.07, 6.45) is 0.704. The van der Waals surface area contributed by atoms with Gasteiger partial charge in [0.15, 0.2) is 0 Å². The quantitative estimate of drug-likeness (QED) is 0.910. The van der Waals surface area contributed by atoms with Crippen molar-refractivity contribution in [3.8, 4) is 22.6 Å². The molecule has 0 saturated carbocycles. The lowest BCUT2D eigenvalue weighted by Gasteiger charge is -2.17. The number of nitrogens with two attached hydrogens (primary N) is 1. The summed E-state index contributed by atoms with van der Waals surface area (Å²) in [7, 11) is 3.33. The maximum Gasteiger partial charge on any atom is 0.122 e. The van der Waals surface area contributed by atoms with Crippen LogP contribution in [0.4, 0.5) is 0 Å². The Morgan fingerprint density at radius 2 is 1.73 bits per heavy atom. The molecule has 2 aromatic carbocycles. The molecule has 0 bridgehead atoms. The average molecular weight is 297 g/mol. The first-order valence-electron chi connectivity index (χ1n) is 7.11. The number of hydrogen-bond donors (Lipinski definition) is 2. The monoisotopic (exact) mass is 297 g/mol. The number of amidine groups is 1. The van der Waals surface area contributed by atoms with Crippen LogP contribution in [-0.2, 0) is 0 Å². The second kappa shape index (κ2) is 5.97. The number of hydrogen-bond acceptors (Lipinski definition) is 5. The molecule has 3 rings (SSSR count). The highest BCUT2D eigenvalue weighted by molar-refractivity contribution is 5.83. The normalized spacial score (nSPS) is 16.8. The SMILES string of the molecule is COc1ccc(-c2cc(OC)ccc2C2CC(N)=NN2)cc1. The maximum absolute atomic E-state index is 5.79. The van der Waals surface area contributed by atoms with Crippen LogP contribution in [-0.4, -0.2) is 20.1 Å². The number of hydrazone groups is 1. The van der Waals surface area contributed by atoms with E-state index < -0.39 is 0 Å². The second-order valence-electron chi connectivity index (χ2n) is 5.17. The summed E-state index contributed by atoms with van der Waals surface area (Å²) in [5, 5.41) is 4.09. The summed E-state index contributed by atoms with van der Waals surface area (Å²) in [5.41, 5.74) is 12.2. The molecular weight excluding hydrogens is 278 g/mol. The molecule has 5 nitrogen and oxygen atoms in total. The molecule has 0 saturated heterocycles. The van der Waals surface area contributed by atoms with Gasteiger partial charge in [-0.1, -0.05) is 18.2 Å². The van der Waals surface area contributed by atoms with Gasteiger partial charge in [0.2, 0.25) is 0 Å². The van der Waals surface area contributed by atoms with Gasteiger partial charge >= 0.3 is 0 Å². The van der Waals surface area contributed by atoms with Gasteiger partial charge in [-0.25, -0.2) is 0 Å². The summed E-state index contributed by atoms with van der Waals surface area (Å²) in [6, 6.07) is 14.1. The van der Waals surface area contributed by atoms with Crippen molar-refractivity contribution in [2.75, 3.05) is 14.2 Å². The van der Waals surface area contributed by atoms with Crippen LogP contribution in [0.1, 0.15) is 18.0 Å². The van der Waals surface area contributed by atoms with Crippen LogP contribution >= 0.6 is 0 Å². The molecule has 3 N–H and O–H groups in total. The van der Waals surface area contributed by atoms with Crippen LogP contribution in [0.3, 0.4) is 0 Å². The lowest BCUT2D eigenvalue weighted by molar-refractivity contribution is 0.414. The molecule has 1 unspecified atom stereocenters. The summed E-state index contributed by atoms with van der Waals surface area (Å²) >= 11 is 0. The number of nitrogens with zero attached hydrogens (tertiary/aromatic N) is 1. The van der Waals surface area contributed by atoms with Gasteiger partial charge in [0, 0.05) is 6.42 Å². The Balaban J connectivity index is 2.02. The molecule has 0 aromatic heterocycles. The third kappa shape index (κ3) is 2.70. The van der Waals surface area contributed by atoms with Gasteiger partial charge in [0.25, 0.3) is 0 Å². The van der Waals surface area contributed by atoms with E-state index in [0.717, 1.165) is 28.2 Å². The maximum atomic E-state index is 5.79. The highest BCUT2D eigenvalue weighted by atomic mass is 16.5. The van der Waals surface area contributed by atoms with E-state index in [1.807, 2.05) is 36.4 Å². The predicted molar refractivity (Wildman–Crippen MR) is 87.1 cm³/mol. The van der Waals surface area contributed by atoms with Crippen LogP contribution in [0.15, 0.2) is 47.6 Å². The molecule has 1 aliphatic heterocycles. The molecule has 0 spiro atoms. The van der Waals surface area contributed by atoms with E-state index in [1.54, 1.807) is 14.2 Å². The molecule has 2 aromatic rings. The zero-order valence-electron chi connectivity index (χ0n) is 12.7. The molecule has 0 radical (unpaired) electrons. The highest BCUT2D eigenvalue weighted by Crippen LogP contribution is 2.34. The summed E-state index contributed by atoms with van der Waals surface area (Å²) in [6.45, 7) is 0. The Morgan fingerprint density at radius 1 is 1.05 bits per heavy atom. The third-order valence-corrected chi connectivity index (χ3v) is 3.81. The molecule has 1 heterocycles. The van der Waals surface area contributed by atoms with Crippen LogP contribution in [0.5, 0.6) is 11.5 Å². The van der Waals surface area contributed by atoms with Gasteiger partial charge in [0.05, 0.1) is 20.3 Å². The molecular formula is C17H19N3O2. The topological polar surface area (TPSA) is 68.9 Å². The van der Waals surface area contributed by atoms with Gasteiger partial charge in [-0.2, -0.15) is 5.10 Å². The molecule has 0 amide bonds.